The Bertz CT molecular complexity index is 552. The van der Waals surface area contributed by atoms with Crippen LogP contribution in [0.5, 0.6) is 0 Å². The van der Waals surface area contributed by atoms with Gasteiger partial charge in [0.25, 0.3) is 0 Å². The lowest BCUT2D eigenvalue weighted by molar-refractivity contribution is 1.17. The Hall–Kier alpha value is -1.18. The Balaban J connectivity index is 2.48. The molecule has 0 radical (unpaired) electrons. The van der Waals surface area contributed by atoms with Crippen molar-refractivity contribution in [3.63, 3.8) is 0 Å². The summed E-state index contributed by atoms with van der Waals surface area (Å²) in [4.78, 5) is 2.08. The smallest absolute Gasteiger partial charge is 0.0646 e. The maximum absolute atomic E-state index is 6.29. The first-order valence-corrected chi connectivity index (χ1v) is 6.68. The van der Waals surface area contributed by atoms with Gasteiger partial charge in [-0.25, -0.2) is 0 Å². The van der Waals surface area contributed by atoms with E-state index in [2.05, 4.69) is 30.0 Å². The molecular formula is C15H15Cl2N. The van der Waals surface area contributed by atoms with Crippen molar-refractivity contribution in [2.75, 3.05) is 11.9 Å². The first-order valence-electron chi connectivity index (χ1n) is 5.77. The van der Waals surface area contributed by atoms with E-state index in [1.807, 2.05) is 31.3 Å². The van der Waals surface area contributed by atoms with E-state index in [0.29, 0.717) is 5.88 Å². The number of aryl methyl sites for hydroxylation is 1. The maximum atomic E-state index is 6.29. The van der Waals surface area contributed by atoms with Gasteiger partial charge in [-0.1, -0.05) is 35.9 Å². The van der Waals surface area contributed by atoms with Crippen LogP contribution >= 0.6 is 23.2 Å². The third kappa shape index (κ3) is 2.63. The largest absolute Gasteiger partial charge is 0.343 e. The number of alkyl halides is 1. The summed E-state index contributed by atoms with van der Waals surface area (Å²) in [6.45, 7) is 2.08. The fourth-order valence-corrected chi connectivity index (χ4v) is 2.55. The average Bonchev–Trinajstić information content (AvgIpc) is 2.37. The van der Waals surface area contributed by atoms with Crippen LogP contribution in [0, 0.1) is 6.92 Å². The topological polar surface area (TPSA) is 3.24 Å². The zero-order chi connectivity index (χ0) is 13.1. The van der Waals surface area contributed by atoms with Crippen LogP contribution in [0.3, 0.4) is 0 Å². The van der Waals surface area contributed by atoms with E-state index in [4.69, 9.17) is 23.2 Å². The summed E-state index contributed by atoms with van der Waals surface area (Å²) in [5.41, 5.74) is 4.33. The summed E-state index contributed by atoms with van der Waals surface area (Å²) >= 11 is 12.3. The Morgan fingerprint density at radius 1 is 1.11 bits per heavy atom. The molecule has 0 N–H and O–H groups in total. The van der Waals surface area contributed by atoms with Crippen LogP contribution < -0.4 is 4.90 Å². The third-order valence-electron chi connectivity index (χ3n) is 2.94. The van der Waals surface area contributed by atoms with Gasteiger partial charge in [0, 0.05) is 18.6 Å². The average molecular weight is 280 g/mol. The molecule has 0 saturated heterocycles. The minimum absolute atomic E-state index is 0.450. The monoisotopic (exact) mass is 279 g/mol. The molecular weight excluding hydrogens is 265 g/mol. The fourth-order valence-electron chi connectivity index (χ4n) is 2.01. The van der Waals surface area contributed by atoms with E-state index in [1.165, 1.54) is 5.56 Å². The van der Waals surface area contributed by atoms with Crippen LogP contribution in [0.1, 0.15) is 11.1 Å². The Kier molecular flexibility index (Phi) is 4.15. The molecule has 0 aliphatic rings. The molecule has 94 valence electrons. The molecule has 0 aliphatic carbocycles. The predicted molar refractivity (Wildman–Crippen MR) is 80.3 cm³/mol. The standard InChI is InChI=1S/C15H15Cl2N/c1-11-5-3-7-13(9-11)18(2)15-12(10-16)6-4-8-14(15)17/h3-9H,10H2,1-2H3. The molecule has 0 fully saturated rings. The molecule has 2 aromatic rings. The molecule has 0 aliphatic heterocycles. The lowest BCUT2D eigenvalue weighted by atomic mass is 10.1. The van der Waals surface area contributed by atoms with Crippen LogP contribution in [0.4, 0.5) is 11.4 Å². The van der Waals surface area contributed by atoms with Crippen molar-refractivity contribution >= 4 is 34.6 Å². The van der Waals surface area contributed by atoms with Gasteiger partial charge in [0.15, 0.2) is 0 Å². The van der Waals surface area contributed by atoms with Crippen LogP contribution in [0.15, 0.2) is 42.5 Å². The highest BCUT2D eigenvalue weighted by Gasteiger charge is 2.12. The molecule has 0 spiro atoms. The molecule has 2 aromatic carbocycles. The SMILES string of the molecule is Cc1cccc(N(C)c2c(Cl)cccc2CCl)c1. The minimum atomic E-state index is 0.450. The van der Waals surface area contributed by atoms with Crippen molar-refractivity contribution < 1.29 is 0 Å². The summed E-state index contributed by atoms with van der Waals surface area (Å²) in [5.74, 6) is 0.450. The zero-order valence-corrected chi connectivity index (χ0v) is 12.0. The Morgan fingerprint density at radius 3 is 2.50 bits per heavy atom. The lowest BCUT2D eigenvalue weighted by Gasteiger charge is -2.23. The zero-order valence-electron chi connectivity index (χ0n) is 10.5. The quantitative estimate of drug-likeness (QED) is 0.702. The number of hydrogen-bond donors (Lipinski definition) is 0. The van der Waals surface area contributed by atoms with Crippen molar-refractivity contribution in [1.82, 2.24) is 0 Å². The third-order valence-corrected chi connectivity index (χ3v) is 3.53. The highest BCUT2D eigenvalue weighted by molar-refractivity contribution is 6.33. The molecule has 0 unspecified atom stereocenters. The van der Waals surface area contributed by atoms with E-state index in [-0.39, 0.29) is 0 Å². The molecule has 0 heterocycles. The molecule has 0 atom stereocenters. The molecule has 0 bridgehead atoms. The first kappa shape index (κ1) is 13.3. The van der Waals surface area contributed by atoms with E-state index in [1.54, 1.807) is 0 Å². The second kappa shape index (κ2) is 5.64. The summed E-state index contributed by atoms with van der Waals surface area (Å²) in [7, 11) is 2.01. The lowest BCUT2D eigenvalue weighted by Crippen LogP contribution is -2.12. The van der Waals surface area contributed by atoms with E-state index in [9.17, 15) is 0 Å². The minimum Gasteiger partial charge on any atom is -0.343 e. The number of para-hydroxylation sites is 1. The van der Waals surface area contributed by atoms with E-state index >= 15 is 0 Å². The number of hydrogen-bond acceptors (Lipinski definition) is 1. The van der Waals surface area contributed by atoms with Gasteiger partial charge >= 0.3 is 0 Å². The van der Waals surface area contributed by atoms with Crippen LogP contribution in [0.2, 0.25) is 5.02 Å². The Morgan fingerprint density at radius 2 is 1.83 bits per heavy atom. The van der Waals surface area contributed by atoms with Gasteiger partial charge in [0.05, 0.1) is 10.7 Å². The first-order chi connectivity index (χ1) is 8.63. The molecule has 2 rings (SSSR count). The summed E-state index contributed by atoms with van der Waals surface area (Å²) in [6.07, 6.45) is 0. The van der Waals surface area contributed by atoms with Crippen molar-refractivity contribution in [3.8, 4) is 0 Å². The number of benzene rings is 2. The second-order valence-corrected chi connectivity index (χ2v) is 4.95. The number of anilines is 2. The van der Waals surface area contributed by atoms with Gasteiger partial charge < -0.3 is 4.90 Å². The number of halogens is 2. The number of rotatable bonds is 3. The fraction of sp³-hybridized carbons (Fsp3) is 0.200. The van der Waals surface area contributed by atoms with Gasteiger partial charge in [0.1, 0.15) is 0 Å². The van der Waals surface area contributed by atoms with E-state index in [0.717, 1.165) is 22.0 Å². The van der Waals surface area contributed by atoms with Crippen LogP contribution in [-0.2, 0) is 5.88 Å². The van der Waals surface area contributed by atoms with Crippen molar-refractivity contribution in [1.29, 1.82) is 0 Å². The second-order valence-electron chi connectivity index (χ2n) is 4.28. The highest BCUT2D eigenvalue weighted by atomic mass is 35.5. The van der Waals surface area contributed by atoms with Gasteiger partial charge in [-0.15, -0.1) is 11.6 Å². The van der Waals surface area contributed by atoms with Gasteiger partial charge in [-0.3, -0.25) is 0 Å². The van der Waals surface area contributed by atoms with Crippen molar-refractivity contribution in [2.24, 2.45) is 0 Å². The predicted octanol–water partition coefficient (Wildman–Crippen LogP) is 5.16. The Labute approximate surface area is 118 Å². The normalized spacial score (nSPS) is 10.4. The highest BCUT2D eigenvalue weighted by Crippen LogP contribution is 2.34. The molecule has 0 amide bonds. The summed E-state index contributed by atoms with van der Waals surface area (Å²) in [5, 5.41) is 0.720. The van der Waals surface area contributed by atoms with Gasteiger partial charge in [-0.05, 0) is 36.2 Å². The molecule has 3 heteroatoms. The van der Waals surface area contributed by atoms with E-state index < -0.39 is 0 Å². The number of nitrogens with zero attached hydrogens (tertiary/aromatic N) is 1. The van der Waals surface area contributed by atoms with Crippen molar-refractivity contribution in [2.45, 2.75) is 12.8 Å². The van der Waals surface area contributed by atoms with Gasteiger partial charge in [-0.2, -0.15) is 0 Å². The maximum Gasteiger partial charge on any atom is 0.0646 e. The summed E-state index contributed by atoms with van der Waals surface area (Å²) < 4.78 is 0. The molecule has 18 heavy (non-hydrogen) atoms. The molecule has 0 saturated carbocycles. The van der Waals surface area contributed by atoms with Gasteiger partial charge in [0.2, 0.25) is 0 Å². The van der Waals surface area contributed by atoms with Crippen LogP contribution in [-0.4, -0.2) is 7.05 Å². The van der Waals surface area contributed by atoms with Crippen LogP contribution in [0.25, 0.3) is 0 Å². The molecule has 0 aromatic heterocycles. The van der Waals surface area contributed by atoms with Crippen molar-refractivity contribution in [3.05, 3.63) is 58.6 Å². The molecule has 1 nitrogen and oxygen atoms in total. The summed E-state index contributed by atoms with van der Waals surface area (Å²) in [6, 6.07) is 14.1.